The van der Waals surface area contributed by atoms with Gasteiger partial charge < -0.3 is 9.57 Å². The number of carbonyl (C=O) groups is 1. The summed E-state index contributed by atoms with van der Waals surface area (Å²) in [4.78, 5) is 21.8. The monoisotopic (exact) mass is 409 g/mol. The number of amides is 1. The smallest absolute Gasteiger partial charge is 0.413 e. The first-order chi connectivity index (χ1) is 14.3. The number of nitrogens with one attached hydrogen (secondary N) is 1. The highest BCUT2D eigenvalue weighted by Crippen LogP contribution is 2.12. The molecule has 0 aliphatic rings. The van der Waals surface area contributed by atoms with Crippen molar-refractivity contribution in [2.75, 3.05) is 5.32 Å². The van der Waals surface area contributed by atoms with Crippen LogP contribution in [-0.2, 0) is 23.2 Å². The quantitative estimate of drug-likeness (QED) is 0.491. The number of carbonyl (C=O) groups excluding carboxylic acids is 1. The summed E-state index contributed by atoms with van der Waals surface area (Å²) in [6, 6.07) is 14.7. The molecule has 0 atom stereocenters. The van der Waals surface area contributed by atoms with E-state index in [9.17, 15) is 4.79 Å². The lowest BCUT2D eigenvalue weighted by atomic mass is 10.1. The first-order valence-electron chi connectivity index (χ1n) is 9.26. The van der Waals surface area contributed by atoms with Crippen molar-refractivity contribution in [2.24, 2.45) is 12.2 Å². The van der Waals surface area contributed by atoms with E-state index >= 15 is 0 Å². The van der Waals surface area contributed by atoms with Crippen molar-refractivity contribution >= 4 is 17.6 Å². The number of aromatic nitrogens is 5. The Morgan fingerprint density at radius 1 is 1.13 bits per heavy atom. The van der Waals surface area contributed by atoms with Crippen molar-refractivity contribution < 1.29 is 14.4 Å². The van der Waals surface area contributed by atoms with Crippen molar-refractivity contribution in [3.8, 4) is 0 Å². The molecule has 156 valence electrons. The van der Waals surface area contributed by atoms with Crippen molar-refractivity contribution in [3.05, 3.63) is 65.6 Å². The Labute approximate surface area is 173 Å². The molecule has 3 aromatic rings. The fourth-order valence-corrected chi connectivity index (χ4v) is 2.45. The molecule has 0 saturated carbocycles. The highest BCUT2D eigenvalue weighted by molar-refractivity contribution is 6.10. The SMILES string of the molecule is Cn1nnnc1C(=NOCc1cccc(NC(=O)OC(C)(C)C)n1)c1ccccc1. The average molecular weight is 409 g/mol. The third-order valence-electron chi connectivity index (χ3n) is 3.68. The molecule has 0 aliphatic carbocycles. The fraction of sp³-hybridized carbons (Fsp3) is 0.300. The molecule has 0 unspecified atom stereocenters. The van der Waals surface area contributed by atoms with Gasteiger partial charge in [0.05, 0.1) is 5.69 Å². The minimum absolute atomic E-state index is 0.0887. The fourth-order valence-electron chi connectivity index (χ4n) is 2.45. The van der Waals surface area contributed by atoms with Crippen LogP contribution in [0.4, 0.5) is 10.6 Å². The first-order valence-corrected chi connectivity index (χ1v) is 9.26. The number of pyridine rings is 1. The summed E-state index contributed by atoms with van der Waals surface area (Å²) in [6.07, 6.45) is -0.577. The summed E-state index contributed by atoms with van der Waals surface area (Å²) in [5, 5.41) is 18.4. The molecule has 10 nitrogen and oxygen atoms in total. The summed E-state index contributed by atoms with van der Waals surface area (Å²) in [6.45, 7) is 5.46. The van der Waals surface area contributed by atoms with Crippen LogP contribution in [0.25, 0.3) is 0 Å². The van der Waals surface area contributed by atoms with Gasteiger partial charge in [-0.1, -0.05) is 41.6 Å². The third-order valence-corrected chi connectivity index (χ3v) is 3.68. The molecule has 0 bridgehead atoms. The maximum absolute atomic E-state index is 11.9. The molecule has 2 heterocycles. The lowest BCUT2D eigenvalue weighted by molar-refractivity contribution is 0.0635. The Morgan fingerprint density at radius 3 is 2.57 bits per heavy atom. The number of hydrogen-bond donors (Lipinski definition) is 1. The van der Waals surface area contributed by atoms with Gasteiger partial charge in [-0.2, -0.15) is 0 Å². The van der Waals surface area contributed by atoms with Crippen LogP contribution < -0.4 is 5.32 Å². The van der Waals surface area contributed by atoms with Gasteiger partial charge in [0.25, 0.3) is 0 Å². The van der Waals surface area contributed by atoms with E-state index in [1.165, 1.54) is 4.68 Å². The van der Waals surface area contributed by atoms with Gasteiger partial charge in [0.15, 0.2) is 12.3 Å². The second-order valence-corrected chi connectivity index (χ2v) is 7.35. The van der Waals surface area contributed by atoms with Crippen LogP contribution in [0.2, 0.25) is 0 Å². The molecular formula is C20H23N7O3. The molecule has 10 heteroatoms. The van der Waals surface area contributed by atoms with Crippen molar-refractivity contribution in [1.82, 2.24) is 25.2 Å². The molecule has 2 aromatic heterocycles. The van der Waals surface area contributed by atoms with Crippen molar-refractivity contribution in [1.29, 1.82) is 0 Å². The highest BCUT2D eigenvalue weighted by Gasteiger charge is 2.17. The molecule has 30 heavy (non-hydrogen) atoms. The van der Waals surface area contributed by atoms with E-state index < -0.39 is 11.7 Å². The Kier molecular flexibility index (Phi) is 6.35. The molecule has 1 N–H and O–H groups in total. The molecule has 0 radical (unpaired) electrons. The van der Waals surface area contributed by atoms with E-state index in [0.717, 1.165) is 5.56 Å². The van der Waals surface area contributed by atoms with Gasteiger partial charge in [-0.05, 0) is 43.3 Å². The largest absolute Gasteiger partial charge is 0.444 e. The van der Waals surface area contributed by atoms with E-state index in [2.05, 4.69) is 31.0 Å². The zero-order valence-corrected chi connectivity index (χ0v) is 17.2. The molecule has 1 aromatic carbocycles. The van der Waals surface area contributed by atoms with E-state index in [1.54, 1.807) is 46.0 Å². The van der Waals surface area contributed by atoms with Gasteiger partial charge in [0, 0.05) is 12.6 Å². The minimum atomic E-state index is -0.595. The summed E-state index contributed by atoms with van der Waals surface area (Å²) in [7, 11) is 1.72. The maximum atomic E-state index is 11.9. The maximum Gasteiger partial charge on any atom is 0.413 e. The number of aryl methyl sites for hydroxylation is 1. The van der Waals surface area contributed by atoms with Gasteiger partial charge in [-0.3, -0.25) is 5.32 Å². The van der Waals surface area contributed by atoms with Gasteiger partial charge in [-0.15, -0.1) is 5.10 Å². The average Bonchev–Trinajstić information content (AvgIpc) is 3.10. The summed E-state index contributed by atoms with van der Waals surface area (Å²) in [5.41, 5.74) is 1.29. The molecule has 0 spiro atoms. The van der Waals surface area contributed by atoms with E-state index in [-0.39, 0.29) is 6.61 Å². The molecule has 3 rings (SSSR count). The number of ether oxygens (including phenoxy) is 1. The van der Waals surface area contributed by atoms with Crippen molar-refractivity contribution in [3.63, 3.8) is 0 Å². The van der Waals surface area contributed by atoms with Gasteiger partial charge in [0.1, 0.15) is 11.4 Å². The molecule has 0 fully saturated rings. The summed E-state index contributed by atoms with van der Waals surface area (Å²) >= 11 is 0. The molecular weight excluding hydrogens is 386 g/mol. The second-order valence-electron chi connectivity index (χ2n) is 7.35. The van der Waals surface area contributed by atoms with Gasteiger partial charge in [-0.25, -0.2) is 14.5 Å². The zero-order valence-electron chi connectivity index (χ0n) is 17.2. The molecule has 0 saturated heterocycles. The number of benzene rings is 1. The minimum Gasteiger partial charge on any atom is -0.444 e. The normalized spacial score (nSPS) is 11.8. The zero-order chi connectivity index (χ0) is 21.6. The first kappa shape index (κ1) is 20.9. The molecule has 1 amide bonds. The van der Waals surface area contributed by atoms with Crippen LogP contribution in [0.1, 0.15) is 37.9 Å². The predicted octanol–water partition coefficient (Wildman–Crippen LogP) is 2.92. The van der Waals surface area contributed by atoms with Gasteiger partial charge >= 0.3 is 6.09 Å². The lowest BCUT2D eigenvalue weighted by Gasteiger charge is -2.19. The van der Waals surface area contributed by atoms with Crippen LogP contribution in [0.5, 0.6) is 0 Å². The van der Waals surface area contributed by atoms with Crippen molar-refractivity contribution in [2.45, 2.75) is 33.0 Å². The van der Waals surface area contributed by atoms with Gasteiger partial charge in [0.2, 0.25) is 5.82 Å². The number of tetrazole rings is 1. The van der Waals surface area contributed by atoms with E-state index in [1.807, 2.05) is 30.3 Å². The number of nitrogens with zero attached hydrogens (tertiary/aromatic N) is 6. The van der Waals surface area contributed by atoms with Crippen LogP contribution in [-0.4, -0.2) is 42.6 Å². The predicted molar refractivity (Wildman–Crippen MR) is 110 cm³/mol. The van der Waals surface area contributed by atoms with Crippen LogP contribution in [0.3, 0.4) is 0 Å². The van der Waals surface area contributed by atoms with E-state index in [4.69, 9.17) is 9.57 Å². The number of hydrogen-bond acceptors (Lipinski definition) is 8. The standard InChI is InChI=1S/C20H23N7O3/c1-20(2,3)30-19(28)22-16-12-8-11-15(21-16)13-29-24-17(14-9-6-5-7-10-14)18-23-25-26-27(18)4/h5-12H,13H2,1-4H3,(H,21,22,28). The van der Waals surface area contributed by atoms with E-state index in [0.29, 0.717) is 23.0 Å². The summed E-state index contributed by atoms with van der Waals surface area (Å²) in [5.74, 6) is 0.824. The number of anilines is 1. The highest BCUT2D eigenvalue weighted by atomic mass is 16.6. The van der Waals surface area contributed by atoms with Crippen LogP contribution in [0, 0.1) is 0 Å². The Bertz CT molecular complexity index is 1030. The van der Waals surface area contributed by atoms with Crippen LogP contribution >= 0.6 is 0 Å². The number of oxime groups is 1. The summed E-state index contributed by atoms with van der Waals surface area (Å²) < 4.78 is 6.74. The Morgan fingerprint density at radius 2 is 1.90 bits per heavy atom. The van der Waals surface area contributed by atoms with Crippen LogP contribution in [0.15, 0.2) is 53.7 Å². The topological polar surface area (TPSA) is 116 Å². The number of rotatable bonds is 6. The molecule has 0 aliphatic heterocycles. The Balaban J connectivity index is 1.71. The third kappa shape index (κ3) is 5.84. The lowest BCUT2D eigenvalue weighted by Crippen LogP contribution is -2.27. The Hall–Kier alpha value is -3.82. The second kappa shape index (κ2) is 9.12.